The summed E-state index contributed by atoms with van der Waals surface area (Å²) in [5, 5.41) is 25.1. The number of amides is 1. The topological polar surface area (TPSA) is 133 Å². The minimum absolute atomic E-state index is 0.0739. The molecule has 1 aromatic carbocycles. The highest BCUT2D eigenvalue weighted by molar-refractivity contribution is 5.92. The Labute approximate surface area is 201 Å². The van der Waals surface area contributed by atoms with E-state index in [9.17, 15) is 14.9 Å². The summed E-state index contributed by atoms with van der Waals surface area (Å²) < 4.78 is 3.46. The van der Waals surface area contributed by atoms with Crippen molar-refractivity contribution in [2.75, 3.05) is 10.6 Å². The van der Waals surface area contributed by atoms with Crippen molar-refractivity contribution in [1.82, 2.24) is 24.5 Å². The van der Waals surface area contributed by atoms with Crippen molar-refractivity contribution in [2.45, 2.75) is 38.1 Å². The number of pyridine rings is 1. The molecular formula is C25H26N8O2. The van der Waals surface area contributed by atoms with Gasteiger partial charge in [-0.05, 0) is 36.6 Å². The monoisotopic (exact) mass is 470 g/mol. The third-order valence-electron chi connectivity index (χ3n) is 6.38. The summed E-state index contributed by atoms with van der Waals surface area (Å²) in [6.45, 7) is 0. The number of rotatable bonds is 6. The zero-order valence-corrected chi connectivity index (χ0v) is 19.4. The highest BCUT2D eigenvalue weighted by Crippen LogP contribution is 2.36. The third kappa shape index (κ3) is 4.66. The number of anilines is 3. The molecule has 10 heteroatoms. The number of hydrogen-bond acceptors (Lipinski definition) is 6. The molecule has 0 saturated heterocycles. The highest BCUT2D eigenvalue weighted by atomic mass is 16.1. The quantitative estimate of drug-likeness (QED) is 0.394. The second kappa shape index (κ2) is 9.46. The predicted octanol–water partition coefficient (Wildman–Crippen LogP) is 3.64. The number of carbonyl (C=O) groups excluding carboxylic acids is 1. The van der Waals surface area contributed by atoms with Crippen molar-refractivity contribution in [1.29, 1.82) is 5.26 Å². The minimum atomic E-state index is -0.244. The zero-order chi connectivity index (χ0) is 24.4. The molecule has 2 atom stereocenters. The van der Waals surface area contributed by atoms with Crippen LogP contribution in [0.15, 0.2) is 53.6 Å². The number of benzene rings is 1. The average molecular weight is 471 g/mol. The van der Waals surface area contributed by atoms with Crippen molar-refractivity contribution in [2.24, 2.45) is 13.0 Å². The first kappa shape index (κ1) is 22.4. The lowest BCUT2D eigenvalue weighted by molar-refractivity contribution is -0.115. The van der Waals surface area contributed by atoms with Crippen LogP contribution in [-0.2, 0) is 18.3 Å². The van der Waals surface area contributed by atoms with E-state index < -0.39 is 0 Å². The van der Waals surface area contributed by atoms with Gasteiger partial charge in [-0.1, -0.05) is 25.0 Å². The predicted molar refractivity (Wildman–Crippen MR) is 132 cm³/mol. The number of aryl methyl sites for hydroxylation is 1. The molecular weight excluding hydrogens is 444 g/mol. The highest BCUT2D eigenvalue weighted by Gasteiger charge is 2.29. The van der Waals surface area contributed by atoms with Crippen LogP contribution in [-0.4, -0.2) is 30.5 Å². The molecule has 1 amide bonds. The van der Waals surface area contributed by atoms with Gasteiger partial charge in [0.15, 0.2) is 11.6 Å². The second-order valence-corrected chi connectivity index (χ2v) is 8.87. The van der Waals surface area contributed by atoms with Crippen LogP contribution >= 0.6 is 0 Å². The Balaban J connectivity index is 1.41. The van der Waals surface area contributed by atoms with Crippen LogP contribution < -0.4 is 16.2 Å². The molecule has 0 bridgehead atoms. The molecule has 178 valence electrons. The van der Waals surface area contributed by atoms with Gasteiger partial charge in [-0.2, -0.15) is 15.5 Å². The largest absolute Gasteiger partial charge is 0.338 e. The minimum Gasteiger partial charge on any atom is -0.338 e. The smallest absolute Gasteiger partial charge is 0.261 e. The number of fused-ring (bicyclic) bond motifs is 1. The summed E-state index contributed by atoms with van der Waals surface area (Å²) >= 11 is 0. The fourth-order valence-electron chi connectivity index (χ4n) is 4.74. The Kier molecular flexibility index (Phi) is 6.06. The third-order valence-corrected chi connectivity index (χ3v) is 6.38. The fourth-order valence-corrected chi connectivity index (χ4v) is 4.74. The van der Waals surface area contributed by atoms with E-state index in [0.29, 0.717) is 28.2 Å². The maximum atomic E-state index is 12.8. The second-order valence-electron chi connectivity index (χ2n) is 8.87. The van der Waals surface area contributed by atoms with E-state index in [1.807, 2.05) is 35.0 Å². The van der Waals surface area contributed by atoms with Crippen LogP contribution in [0.3, 0.4) is 0 Å². The summed E-state index contributed by atoms with van der Waals surface area (Å²) in [5.41, 5.74) is 1.97. The Hall–Kier alpha value is -4.39. The van der Waals surface area contributed by atoms with E-state index >= 15 is 0 Å². The van der Waals surface area contributed by atoms with E-state index in [2.05, 4.69) is 26.8 Å². The van der Waals surface area contributed by atoms with Crippen LogP contribution in [0.25, 0.3) is 10.9 Å². The Bertz CT molecular complexity index is 1470. The van der Waals surface area contributed by atoms with E-state index in [0.717, 1.165) is 31.2 Å². The lowest BCUT2D eigenvalue weighted by atomic mass is 9.85. The maximum absolute atomic E-state index is 12.8. The van der Waals surface area contributed by atoms with Gasteiger partial charge in [0, 0.05) is 31.2 Å². The lowest BCUT2D eigenvalue weighted by Gasteiger charge is -2.27. The van der Waals surface area contributed by atoms with Gasteiger partial charge in [-0.25, -0.2) is 0 Å². The lowest BCUT2D eigenvalue weighted by Crippen LogP contribution is -2.23. The van der Waals surface area contributed by atoms with Crippen LogP contribution in [0.2, 0.25) is 0 Å². The fraction of sp³-hybridized carbons (Fsp3) is 0.320. The Morgan fingerprint density at radius 1 is 1.23 bits per heavy atom. The molecule has 35 heavy (non-hydrogen) atoms. The van der Waals surface area contributed by atoms with Gasteiger partial charge in [0.25, 0.3) is 5.56 Å². The molecule has 0 radical (unpaired) electrons. The van der Waals surface area contributed by atoms with E-state index in [1.165, 1.54) is 0 Å². The summed E-state index contributed by atoms with van der Waals surface area (Å²) in [4.78, 5) is 27.9. The first-order valence-corrected chi connectivity index (χ1v) is 11.7. The average Bonchev–Trinajstić information content (AvgIpc) is 3.43. The molecule has 1 saturated carbocycles. The van der Waals surface area contributed by atoms with E-state index in [1.54, 1.807) is 30.2 Å². The van der Waals surface area contributed by atoms with Crippen molar-refractivity contribution >= 4 is 34.1 Å². The first-order chi connectivity index (χ1) is 17.0. The maximum Gasteiger partial charge on any atom is 0.261 e. The molecule has 10 nitrogen and oxygen atoms in total. The van der Waals surface area contributed by atoms with Gasteiger partial charge < -0.3 is 15.6 Å². The molecule has 3 N–H and O–H groups in total. The van der Waals surface area contributed by atoms with Crippen LogP contribution in [0.4, 0.5) is 17.3 Å². The standard InChI is InChI=1S/C25H26N8O2/c1-32-12-10-21(30-32)29-22(34)14-16-5-4-7-18(13-16)28-24-23-20(9-11-27-25(23)35)33(31-24)19-8-3-2-6-17(19)15-26/h4-5,7,9-13,17,19H,2-3,6,8,14H2,1H3,(H,27,35)(H,28,31)(H,29,30,34)/t17-,19+/m1/s1. The van der Waals surface area contributed by atoms with Crippen LogP contribution in [0, 0.1) is 17.2 Å². The number of aromatic nitrogens is 5. The van der Waals surface area contributed by atoms with Gasteiger partial charge in [0.05, 0.1) is 30.0 Å². The molecule has 1 aliphatic rings. The van der Waals surface area contributed by atoms with Crippen molar-refractivity contribution in [3.63, 3.8) is 0 Å². The molecule has 5 rings (SSSR count). The number of hydrogen-bond donors (Lipinski definition) is 3. The molecule has 0 aliphatic heterocycles. The van der Waals surface area contributed by atoms with Gasteiger partial charge in [0.2, 0.25) is 5.91 Å². The first-order valence-electron chi connectivity index (χ1n) is 11.7. The number of nitriles is 1. The molecule has 3 aromatic heterocycles. The van der Waals surface area contributed by atoms with E-state index in [4.69, 9.17) is 5.10 Å². The summed E-state index contributed by atoms with van der Waals surface area (Å²) in [7, 11) is 1.79. The normalized spacial score (nSPS) is 17.7. The zero-order valence-electron chi connectivity index (χ0n) is 19.4. The summed E-state index contributed by atoms with van der Waals surface area (Å²) in [5.74, 6) is 0.618. The number of H-pyrrole nitrogens is 1. The SMILES string of the molecule is Cn1ccc(NC(=O)Cc2cccc(Nc3nn([C@H]4CCCC[C@@H]4C#N)c4cc[nH]c(=O)c34)c2)n1. The van der Waals surface area contributed by atoms with Gasteiger partial charge in [0.1, 0.15) is 5.39 Å². The van der Waals surface area contributed by atoms with E-state index in [-0.39, 0.29) is 29.8 Å². The van der Waals surface area contributed by atoms with Gasteiger partial charge in [-0.15, -0.1) is 0 Å². The van der Waals surface area contributed by atoms with Crippen molar-refractivity contribution in [3.05, 3.63) is 64.7 Å². The Morgan fingerprint density at radius 3 is 2.89 bits per heavy atom. The summed E-state index contributed by atoms with van der Waals surface area (Å²) in [6.07, 6.45) is 7.28. The van der Waals surface area contributed by atoms with Crippen LogP contribution in [0.5, 0.6) is 0 Å². The molecule has 3 heterocycles. The Morgan fingerprint density at radius 2 is 2.09 bits per heavy atom. The molecule has 0 unspecified atom stereocenters. The number of nitrogens with zero attached hydrogens (tertiary/aromatic N) is 5. The van der Waals surface area contributed by atoms with Crippen molar-refractivity contribution in [3.8, 4) is 6.07 Å². The number of nitrogens with one attached hydrogen (secondary N) is 3. The molecule has 1 aliphatic carbocycles. The number of carbonyl (C=O) groups is 1. The van der Waals surface area contributed by atoms with Gasteiger partial charge >= 0.3 is 0 Å². The summed E-state index contributed by atoms with van der Waals surface area (Å²) in [6, 6.07) is 13.4. The molecule has 0 spiro atoms. The molecule has 1 fully saturated rings. The number of aromatic amines is 1. The van der Waals surface area contributed by atoms with Crippen LogP contribution in [0.1, 0.15) is 37.3 Å². The van der Waals surface area contributed by atoms with Crippen molar-refractivity contribution < 1.29 is 4.79 Å². The van der Waals surface area contributed by atoms with Gasteiger partial charge in [-0.3, -0.25) is 19.0 Å². The molecule has 4 aromatic rings.